The molecule has 0 aliphatic rings. The number of carbonyl (C=O) groups is 2. The summed E-state index contributed by atoms with van der Waals surface area (Å²) in [5.41, 5.74) is 0.583. The fourth-order valence-corrected chi connectivity index (χ4v) is 1.53. The Morgan fingerprint density at radius 2 is 1.94 bits per heavy atom. The molecule has 0 aliphatic heterocycles. The monoisotopic (exact) mass is 234 g/mol. The Morgan fingerprint density at radius 1 is 1.29 bits per heavy atom. The lowest BCUT2D eigenvalue weighted by atomic mass is 10.1. The molecule has 1 atom stereocenters. The highest BCUT2D eigenvalue weighted by Crippen LogP contribution is 2.04. The van der Waals surface area contributed by atoms with Gasteiger partial charge >= 0.3 is 0 Å². The topological polar surface area (TPSA) is 69.2 Å². The molecule has 1 aromatic carbocycles. The Morgan fingerprint density at radius 3 is 2.47 bits per heavy atom. The van der Waals surface area contributed by atoms with E-state index in [4.69, 9.17) is 0 Å². The number of carboxylic acids is 1. The Kier molecular flexibility index (Phi) is 5.20. The number of rotatable bonds is 6. The van der Waals surface area contributed by atoms with Crippen LogP contribution < -0.4 is 10.4 Å². The number of aliphatic carboxylic acids is 1. The number of carboxylic acid groups (broad SMARTS) is 1. The summed E-state index contributed by atoms with van der Waals surface area (Å²) in [4.78, 5) is 22.1. The number of carbonyl (C=O) groups excluding carboxylic acids is 2. The average Bonchev–Trinajstić information content (AvgIpc) is 2.35. The lowest BCUT2D eigenvalue weighted by Gasteiger charge is -2.17. The maximum absolute atomic E-state index is 11.8. The van der Waals surface area contributed by atoms with E-state index in [1.165, 1.54) is 0 Å². The first-order valence-corrected chi connectivity index (χ1v) is 5.69. The molecular formula is C13H16NO3-. The summed E-state index contributed by atoms with van der Waals surface area (Å²) in [5, 5.41) is 13.2. The van der Waals surface area contributed by atoms with E-state index in [9.17, 15) is 14.7 Å². The van der Waals surface area contributed by atoms with Crippen molar-refractivity contribution in [2.75, 3.05) is 0 Å². The second kappa shape index (κ2) is 6.68. The second-order valence-corrected chi connectivity index (χ2v) is 3.86. The maximum Gasteiger partial charge on any atom is 0.251 e. The molecule has 0 unspecified atom stereocenters. The third-order valence-electron chi connectivity index (χ3n) is 2.56. The van der Waals surface area contributed by atoms with Crippen LogP contribution in [0.2, 0.25) is 0 Å². The molecule has 0 bridgehead atoms. The van der Waals surface area contributed by atoms with Crippen LogP contribution in [0.25, 0.3) is 0 Å². The van der Waals surface area contributed by atoms with Gasteiger partial charge in [-0.1, -0.05) is 25.1 Å². The van der Waals surface area contributed by atoms with E-state index in [1.807, 2.05) is 13.0 Å². The minimum atomic E-state index is -1.09. The Balaban J connectivity index is 2.51. The summed E-state index contributed by atoms with van der Waals surface area (Å²) in [5.74, 6) is -1.26. The fraction of sp³-hybridized carbons (Fsp3) is 0.385. The minimum Gasteiger partial charge on any atom is -0.550 e. The molecule has 0 saturated heterocycles. The number of hydrogen-bond donors (Lipinski definition) is 1. The highest BCUT2D eigenvalue weighted by atomic mass is 16.4. The molecule has 0 spiro atoms. The van der Waals surface area contributed by atoms with Crippen molar-refractivity contribution in [3.63, 3.8) is 0 Å². The summed E-state index contributed by atoms with van der Waals surface area (Å²) < 4.78 is 0. The van der Waals surface area contributed by atoms with E-state index in [1.54, 1.807) is 24.3 Å². The second-order valence-electron chi connectivity index (χ2n) is 3.86. The van der Waals surface area contributed by atoms with E-state index < -0.39 is 5.97 Å². The number of hydrogen-bond acceptors (Lipinski definition) is 3. The highest BCUT2D eigenvalue weighted by Gasteiger charge is 2.11. The summed E-state index contributed by atoms with van der Waals surface area (Å²) in [6, 6.07) is 8.74. The molecule has 1 amide bonds. The van der Waals surface area contributed by atoms with Gasteiger partial charge in [-0.2, -0.15) is 0 Å². The minimum absolute atomic E-state index is 0.0342. The number of benzene rings is 1. The third kappa shape index (κ3) is 4.68. The molecular weight excluding hydrogens is 218 g/mol. The van der Waals surface area contributed by atoms with Crippen LogP contribution >= 0.6 is 0 Å². The van der Waals surface area contributed by atoms with Crippen LogP contribution in [-0.4, -0.2) is 17.9 Å². The van der Waals surface area contributed by atoms with Gasteiger partial charge in [0.1, 0.15) is 0 Å². The van der Waals surface area contributed by atoms with Crippen LogP contribution in [0, 0.1) is 0 Å². The van der Waals surface area contributed by atoms with Crippen LogP contribution in [0.4, 0.5) is 0 Å². The predicted molar refractivity (Wildman–Crippen MR) is 62.2 cm³/mol. The zero-order chi connectivity index (χ0) is 12.7. The van der Waals surface area contributed by atoms with Crippen molar-refractivity contribution in [3.05, 3.63) is 35.9 Å². The van der Waals surface area contributed by atoms with Crippen molar-refractivity contribution in [1.29, 1.82) is 0 Å². The van der Waals surface area contributed by atoms with Crippen LogP contribution in [0.1, 0.15) is 36.5 Å². The van der Waals surface area contributed by atoms with Gasteiger partial charge in [0, 0.05) is 17.6 Å². The SMILES string of the molecule is CC[C@H](CCC(=O)[O-])NC(=O)c1ccccc1. The van der Waals surface area contributed by atoms with Crippen LogP contribution in [0.15, 0.2) is 30.3 Å². The smallest absolute Gasteiger partial charge is 0.251 e. The van der Waals surface area contributed by atoms with E-state index >= 15 is 0 Å². The lowest BCUT2D eigenvalue weighted by Crippen LogP contribution is -2.35. The van der Waals surface area contributed by atoms with Gasteiger partial charge in [0.2, 0.25) is 0 Å². The van der Waals surface area contributed by atoms with Crippen LogP contribution in [0.3, 0.4) is 0 Å². The largest absolute Gasteiger partial charge is 0.550 e. The first kappa shape index (κ1) is 13.2. The highest BCUT2D eigenvalue weighted by molar-refractivity contribution is 5.94. The lowest BCUT2D eigenvalue weighted by molar-refractivity contribution is -0.305. The fourth-order valence-electron chi connectivity index (χ4n) is 1.53. The molecule has 1 rings (SSSR count). The van der Waals surface area contributed by atoms with Gasteiger partial charge < -0.3 is 15.2 Å². The molecule has 0 radical (unpaired) electrons. The molecule has 4 nitrogen and oxygen atoms in total. The van der Waals surface area contributed by atoms with Crippen molar-refractivity contribution < 1.29 is 14.7 Å². The molecule has 1 N–H and O–H groups in total. The Hall–Kier alpha value is -1.84. The molecule has 0 aliphatic carbocycles. The first-order valence-electron chi connectivity index (χ1n) is 5.69. The number of amides is 1. The van der Waals surface area contributed by atoms with Crippen molar-refractivity contribution in [2.24, 2.45) is 0 Å². The Labute approximate surface area is 101 Å². The van der Waals surface area contributed by atoms with Gasteiger partial charge in [0.15, 0.2) is 0 Å². The van der Waals surface area contributed by atoms with E-state index in [-0.39, 0.29) is 18.4 Å². The normalized spacial score (nSPS) is 11.8. The van der Waals surface area contributed by atoms with Crippen LogP contribution in [-0.2, 0) is 4.79 Å². The van der Waals surface area contributed by atoms with Gasteiger partial charge in [0.05, 0.1) is 0 Å². The van der Waals surface area contributed by atoms with Crippen molar-refractivity contribution in [1.82, 2.24) is 5.32 Å². The molecule has 0 heterocycles. The predicted octanol–water partition coefficient (Wildman–Crippen LogP) is 0.725. The maximum atomic E-state index is 11.8. The molecule has 0 fully saturated rings. The first-order chi connectivity index (χ1) is 8.13. The van der Waals surface area contributed by atoms with E-state index in [0.717, 1.165) is 0 Å². The van der Waals surface area contributed by atoms with Crippen LogP contribution in [0.5, 0.6) is 0 Å². The zero-order valence-corrected chi connectivity index (χ0v) is 9.81. The van der Waals surface area contributed by atoms with E-state index in [0.29, 0.717) is 18.4 Å². The molecule has 1 aromatic rings. The van der Waals surface area contributed by atoms with Crippen molar-refractivity contribution in [3.8, 4) is 0 Å². The van der Waals surface area contributed by atoms with Gasteiger partial charge in [-0.25, -0.2) is 0 Å². The van der Waals surface area contributed by atoms with E-state index in [2.05, 4.69) is 5.32 Å². The standard InChI is InChI=1S/C13H17NO3/c1-2-11(8-9-12(15)16)14-13(17)10-6-4-3-5-7-10/h3-7,11H,2,8-9H2,1H3,(H,14,17)(H,15,16)/p-1/t11-/m1/s1. The summed E-state index contributed by atoms with van der Waals surface area (Å²) in [7, 11) is 0. The van der Waals surface area contributed by atoms with Crippen molar-refractivity contribution >= 4 is 11.9 Å². The van der Waals surface area contributed by atoms with Gasteiger partial charge in [-0.15, -0.1) is 0 Å². The van der Waals surface area contributed by atoms with Gasteiger partial charge in [0.25, 0.3) is 5.91 Å². The molecule has 4 heteroatoms. The molecule has 17 heavy (non-hydrogen) atoms. The molecule has 0 saturated carbocycles. The van der Waals surface area contributed by atoms with Gasteiger partial charge in [-0.05, 0) is 31.4 Å². The molecule has 92 valence electrons. The number of nitrogens with one attached hydrogen (secondary N) is 1. The van der Waals surface area contributed by atoms with Gasteiger partial charge in [-0.3, -0.25) is 4.79 Å². The van der Waals surface area contributed by atoms with Crippen molar-refractivity contribution in [2.45, 2.75) is 32.2 Å². The zero-order valence-electron chi connectivity index (χ0n) is 9.81. The quantitative estimate of drug-likeness (QED) is 0.788. The summed E-state index contributed by atoms with van der Waals surface area (Å²) in [6.45, 7) is 1.91. The summed E-state index contributed by atoms with van der Waals surface area (Å²) in [6.07, 6.45) is 1.07. The average molecular weight is 234 g/mol. The third-order valence-corrected chi connectivity index (χ3v) is 2.56. The molecule has 0 aromatic heterocycles. The Bertz CT molecular complexity index is 376. The summed E-state index contributed by atoms with van der Waals surface area (Å²) >= 11 is 0.